The topological polar surface area (TPSA) is 34.2 Å². The third kappa shape index (κ3) is 8.04. The van der Waals surface area contributed by atoms with Gasteiger partial charge in [0.25, 0.3) is 0 Å². The zero-order valence-corrected chi connectivity index (χ0v) is 28.0. The van der Waals surface area contributed by atoms with Crippen LogP contribution in [0.25, 0.3) is 0 Å². The molecule has 4 rings (SSSR count). The number of ether oxygens (including phenoxy) is 2. The van der Waals surface area contributed by atoms with Crippen molar-refractivity contribution in [1.29, 1.82) is 0 Å². The molecular weight excluding hydrogens is 520 g/mol. The molecule has 2 aliphatic heterocycles. The summed E-state index contributed by atoms with van der Waals surface area (Å²) in [5, 5.41) is 2.20. The molecule has 0 N–H and O–H groups in total. The van der Waals surface area contributed by atoms with Gasteiger partial charge in [-0.15, -0.1) is 0 Å². The number of hydrogen-bond donors (Lipinski definition) is 0. The van der Waals surface area contributed by atoms with E-state index in [0.717, 1.165) is 58.3 Å². The molecule has 2 aromatic rings. The van der Waals surface area contributed by atoms with Crippen LogP contribution >= 0.6 is 0 Å². The molecule has 2 saturated heterocycles. The number of hydrogen-bond acceptors (Lipinski definition) is 5. The molecule has 5 heteroatoms. The van der Waals surface area contributed by atoms with E-state index in [1.807, 2.05) is 6.07 Å². The number of hydroxylamine groups is 2. The van der Waals surface area contributed by atoms with Gasteiger partial charge in [-0.3, -0.25) is 9.74 Å². The van der Waals surface area contributed by atoms with Gasteiger partial charge in [0.2, 0.25) is 0 Å². The lowest BCUT2D eigenvalue weighted by atomic mass is 9.90. The van der Waals surface area contributed by atoms with Crippen LogP contribution in [0.2, 0.25) is 0 Å². The quantitative estimate of drug-likeness (QED) is 0.235. The first-order chi connectivity index (χ1) is 19.7. The highest BCUT2D eigenvalue weighted by Gasteiger charge is 2.54. The van der Waals surface area contributed by atoms with E-state index in [2.05, 4.69) is 127 Å². The highest BCUT2D eigenvalue weighted by molar-refractivity contribution is 5.18. The van der Waals surface area contributed by atoms with Crippen molar-refractivity contribution in [3.05, 3.63) is 71.8 Å². The third-order valence-corrected chi connectivity index (χ3v) is 9.74. The average molecular weight is 579 g/mol. The maximum absolute atomic E-state index is 6.58. The Balaban J connectivity index is 1.22. The predicted molar refractivity (Wildman–Crippen MR) is 173 cm³/mol. The second-order valence-corrected chi connectivity index (χ2v) is 15.1. The Morgan fingerprint density at radius 3 is 1.98 bits per heavy atom. The molecule has 0 radical (unpaired) electrons. The summed E-state index contributed by atoms with van der Waals surface area (Å²) < 4.78 is 13.1. The van der Waals surface area contributed by atoms with Crippen LogP contribution in [0.3, 0.4) is 0 Å². The molecule has 42 heavy (non-hydrogen) atoms. The largest absolute Gasteiger partial charge is 0.378 e. The molecule has 0 amide bonds. The first-order valence-electron chi connectivity index (χ1n) is 16.3. The second-order valence-electron chi connectivity index (χ2n) is 15.1. The number of likely N-dealkylation sites (tertiary alicyclic amines) is 1. The van der Waals surface area contributed by atoms with Crippen molar-refractivity contribution >= 4 is 0 Å². The molecule has 5 nitrogen and oxygen atoms in total. The summed E-state index contributed by atoms with van der Waals surface area (Å²) in [6, 6.07) is 21.3. The number of nitrogens with zero attached hydrogens (tertiary/aromatic N) is 2. The van der Waals surface area contributed by atoms with Gasteiger partial charge in [0, 0.05) is 36.4 Å². The first kappa shape index (κ1) is 33.1. The predicted octanol–water partition coefficient (Wildman–Crippen LogP) is 8.74. The Hall–Kier alpha value is -1.76. The van der Waals surface area contributed by atoms with Crippen molar-refractivity contribution in [3.8, 4) is 0 Å². The summed E-state index contributed by atoms with van der Waals surface area (Å²) in [7, 11) is 0. The van der Waals surface area contributed by atoms with E-state index in [0.29, 0.717) is 6.10 Å². The van der Waals surface area contributed by atoms with Gasteiger partial charge in [-0.1, -0.05) is 60.7 Å². The minimum atomic E-state index is -0.215. The van der Waals surface area contributed by atoms with Gasteiger partial charge in [0.1, 0.15) is 6.10 Å². The van der Waals surface area contributed by atoms with Crippen molar-refractivity contribution in [2.45, 2.75) is 148 Å². The summed E-state index contributed by atoms with van der Waals surface area (Å²) >= 11 is 0. The summed E-state index contributed by atoms with van der Waals surface area (Å²) in [4.78, 5) is 9.28. The second kappa shape index (κ2) is 13.5. The SMILES string of the molecule is CC(ON1C(C)(C)CC(OCCCCOC2CCC(C)(C)N(Cc3ccccc3)C(C)(C)C2)C1(C)C)c1ccccc1. The maximum atomic E-state index is 6.58. The van der Waals surface area contributed by atoms with Crippen LogP contribution in [0.1, 0.15) is 118 Å². The number of benzene rings is 2. The van der Waals surface area contributed by atoms with Crippen LogP contribution in [-0.2, 0) is 20.9 Å². The lowest BCUT2D eigenvalue weighted by molar-refractivity contribution is -0.275. The molecule has 3 unspecified atom stereocenters. The molecule has 0 bridgehead atoms. The number of unbranched alkanes of at least 4 members (excludes halogenated alkanes) is 1. The highest BCUT2D eigenvalue weighted by Crippen LogP contribution is 2.44. The highest BCUT2D eigenvalue weighted by atomic mass is 16.7. The molecule has 2 fully saturated rings. The van der Waals surface area contributed by atoms with Gasteiger partial charge in [-0.2, -0.15) is 5.06 Å². The third-order valence-electron chi connectivity index (χ3n) is 9.74. The van der Waals surface area contributed by atoms with Crippen LogP contribution in [0.5, 0.6) is 0 Å². The van der Waals surface area contributed by atoms with Gasteiger partial charge in [-0.05, 0) is 112 Å². The van der Waals surface area contributed by atoms with Gasteiger partial charge in [-0.25, -0.2) is 0 Å². The van der Waals surface area contributed by atoms with Crippen molar-refractivity contribution in [2.75, 3.05) is 13.2 Å². The number of rotatable bonds is 12. The van der Waals surface area contributed by atoms with Crippen LogP contribution in [0, 0.1) is 0 Å². The van der Waals surface area contributed by atoms with Crippen LogP contribution < -0.4 is 0 Å². The van der Waals surface area contributed by atoms with E-state index in [9.17, 15) is 0 Å². The summed E-state index contributed by atoms with van der Waals surface area (Å²) in [5.74, 6) is 0. The lowest BCUT2D eigenvalue weighted by Gasteiger charge is -2.47. The van der Waals surface area contributed by atoms with Crippen LogP contribution in [-0.4, -0.2) is 57.5 Å². The zero-order chi connectivity index (χ0) is 30.6. The standard InChI is InChI=1S/C37H58N2O3/c1-29(31-20-14-11-15-21-31)42-39-36(6,7)27-33(37(39,8)9)41-25-17-16-24-40-32-22-23-34(2,3)38(35(4,5)26-32)28-30-18-12-10-13-19-30/h10-15,18-21,29,32-33H,16-17,22-28H2,1-9H3. The van der Waals surface area contributed by atoms with E-state index >= 15 is 0 Å². The summed E-state index contributed by atoms with van der Waals surface area (Å²) in [5.41, 5.74) is 2.45. The normalized spacial score (nSPS) is 26.1. The molecule has 2 aromatic carbocycles. The molecule has 0 spiro atoms. The maximum Gasteiger partial charge on any atom is 0.102 e. The Bertz CT molecular complexity index is 1100. The Kier molecular flexibility index (Phi) is 10.6. The first-order valence-corrected chi connectivity index (χ1v) is 16.3. The minimum absolute atomic E-state index is 0.00870. The Morgan fingerprint density at radius 1 is 0.738 bits per heavy atom. The van der Waals surface area contributed by atoms with E-state index in [1.165, 1.54) is 11.1 Å². The van der Waals surface area contributed by atoms with Crippen molar-refractivity contribution in [2.24, 2.45) is 0 Å². The molecule has 234 valence electrons. The molecule has 0 aromatic heterocycles. The van der Waals surface area contributed by atoms with Crippen molar-refractivity contribution in [1.82, 2.24) is 9.96 Å². The lowest BCUT2D eigenvalue weighted by Crippen LogP contribution is -2.54. The van der Waals surface area contributed by atoms with Crippen LogP contribution in [0.4, 0.5) is 0 Å². The summed E-state index contributed by atoms with van der Waals surface area (Å²) in [6.45, 7) is 23.3. The van der Waals surface area contributed by atoms with Gasteiger partial charge < -0.3 is 9.47 Å². The smallest absolute Gasteiger partial charge is 0.102 e. The van der Waals surface area contributed by atoms with Crippen molar-refractivity contribution < 1.29 is 14.3 Å². The molecular formula is C37H58N2O3. The minimum Gasteiger partial charge on any atom is -0.378 e. The fraction of sp³-hybridized carbons (Fsp3) is 0.676. The van der Waals surface area contributed by atoms with E-state index in [4.69, 9.17) is 14.3 Å². The van der Waals surface area contributed by atoms with Gasteiger partial charge in [0.15, 0.2) is 0 Å². The Labute approximate surface area is 256 Å². The molecule has 2 aliphatic rings. The van der Waals surface area contributed by atoms with Gasteiger partial charge in [0.05, 0.1) is 17.7 Å². The molecule has 2 heterocycles. The van der Waals surface area contributed by atoms with E-state index in [1.54, 1.807) is 0 Å². The molecule has 0 saturated carbocycles. The molecule has 3 atom stereocenters. The van der Waals surface area contributed by atoms with Crippen LogP contribution in [0.15, 0.2) is 60.7 Å². The summed E-state index contributed by atoms with van der Waals surface area (Å²) in [6.07, 6.45) is 6.71. The molecule has 0 aliphatic carbocycles. The zero-order valence-electron chi connectivity index (χ0n) is 28.0. The van der Waals surface area contributed by atoms with Gasteiger partial charge >= 0.3 is 0 Å². The average Bonchev–Trinajstić information content (AvgIpc) is 3.05. The Morgan fingerprint density at radius 2 is 1.33 bits per heavy atom. The fourth-order valence-corrected chi connectivity index (χ4v) is 7.44. The van der Waals surface area contributed by atoms with E-state index in [-0.39, 0.29) is 34.4 Å². The fourth-order valence-electron chi connectivity index (χ4n) is 7.44. The van der Waals surface area contributed by atoms with E-state index < -0.39 is 0 Å². The monoisotopic (exact) mass is 578 g/mol. The van der Waals surface area contributed by atoms with Crippen molar-refractivity contribution in [3.63, 3.8) is 0 Å².